The third-order valence-electron chi connectivity index (χ3n) is 10.2. The molecule has 2 radical (unpaired) electrons. The fourth-order valence-electron chi connectivity index (χ4n) is 7.68. The summed E-state index contributed by atoms with van der Waals surface area (Å²) in [4.78, 5) is 0. The van der Waals surface area contributed by atoms with Crippen LogP contribution >= 0.6 is 17.0 Å². The minimum atomic E-state index is -1.22. The normalized spacial score (nSPS) is 11.9. The van der Waals surface area contributed by atoms with E-state index in [4.69, 9.17) is 25.0 Å². The molecule has 57 heavy (non-hydrogen) atoms. The summed E-state index contributed by atoms with van der Waals surface area (Å²) in [6.07, 6.45) is 4.72. The SMILES string of the molecule is CCCc1cc2c(-c3ccccc3C(C)(C)C)cccc2[cH-]1.CCCc1cc2c(-c3ccccc3C(C)(C)C)cccc2[cH-]1.[B]N([Si](C)(C)C)[Si](C)(C)C.[Cl][Zr+2][Cl]. The summed E-state index contributed by atoms with van der Waals surface area (Å²) in [6, 6.07) is 40.5. The van der Waals surface area contributed by atoms with E-state index in [2.05, 4.69) is 208 Å². The van der Waals surface area contributed by atoms with Gasteiger partial charge in [-0.2, -0.15) is 12.1 Å². The summed E-state index contributed by atoms with van der Waals surface area (Å²) in [5, 5.41) is 5.51. The molecular weight excluding hydrogens is 844 g/mol. The number of nitrogens with zero attached hydrogens (tertiary/aromatic N) is 1. The zero-order valence-electron chi connectivity index (χ0n) is 37.5. The molecule has 0 amide bonds. The van der Waals surface area contributed by atoms with E-state index in [9.17, 15) is 0 Å². The van der Waals surface area contributed by atoms with Gasteiger partial charge in [-0.1, -0.05) is 179 Å². The van der Waals surface area contributed by atoms with E-state index in [0.29, 0.717) is 0 Å². The van der Waals surface area contributed by atoms with Crippen molar-refractivity contribution in [2.45, 2.75) is 131 Å². The van der Waals surface area contributed by atoms with Gasteiger partial charge >= 0.3 is 37.9 Å². The molecule has 0 heterocycles. The molecule has 0 spiro atoms. The first-order valence-corrected chi connectivity index (χ1v) is 33.9. The van der Waals surface area contributed by atoms with Gasteiger partial charge in [-0.25, -0.2) is 0 Å². The van der Waals surface area contributed by atoms with Crippen molar-refractivity contribution in [3.63, 3.8) is 0 Å². The molecule has 6 aromatic rings. The van der Waals surface area contributed by atoms with E-state index in [1.54, 1.807) is 0 Å². The fourth-order valence-corrected chi connectivity index (χ4v) is 15.7. The van der Waals surface area contributed by atoms with Crippen LogP contribution in [0.2, 0.25) is 39.3 Å². The zero-order valence-corrected chi connectivity index (χ0v) is 43.5. The van der Waals surface area contributed by atoms with Crippen molar-refractivity contribution in [1.82, 2.24) is 4.14 Å². The molecule has 0 unspecified atom stereocenters. The number of aryl methyl sites for hydroxylation is 2. The Morgan fingerprint density at radius 2 is 0.860 bits per heavy atom. The summed E-state index contributed by atoms with van der Waals surface area (Å²) in [7, 11) is 13.4. The van der Waals surface area contributed by atoms with Gasteiger partial charge in [0.15, 0.2) is 7.98 Å². The van der Waals surface area contributed by atoms with Crippen LogP contribution in [0.25, 0.3) is 43.8 Å². The summed E-state index contributed by atoms with van der Waals surface area (Å²) in [5.74, 6) is 0. The first-order valence-electron chi connectivity index (χ1n) is 20.7. The molecule has 6 rings (SSSR count). The van der Waals surface area contributed by atoms with Crippen molar-refractivity contribution in [3.05, 3.63) is 131 Å². The Morgan fingerprint density at radius 1 is 0.544 bits per heavy atom. The maximum absolute atomic E-state index is 5.98. The fraction of sp³-hybridized carbons (Fsp3) is 0.400. The molecule has 0 fully saturated rings. The molecule has 0 aromatic heterocycles. The Morgan fingerprint density at radius 3 is 1.14 bits per heavy atom. The van der Waals surface area contributed by atoms with Gasteiger partial charge in [0, 0.05) is 0 Å². The summed E-state index contributed by atoms with van der Waals surface area (Å²) in [6.45, 7) is 31.9. The number of fused-ring (bicyclic) bond motifs is 2. The van der Waals surface area contributed by atoms with E-state index in [1.165, 1.54) is 78.9 Å². The van der Waals surface area contributed by atoms with E-state index >= 15 is 0 Å². The second-order valence-corrected chi connectivity index (χ2v) is 33.0. The molecule has 0 aliphatic rings. The molecule has 0 saturated carbocycles. The average Bonchev–Trinajstić information content (AvgIpc) is 3.74. The van der Waals surface area contributed by atoms with Crippen molar-refractivity contribution < 1.29 is 20.8 Å². The molecule has 302 valence electrons. The van der Waals surface area contributed by atoms with Crippen LogP contribution in [-0.2, 0) is 44.5 Å². The van der Waals surface area contributed by atoms with Crippen molar-refractivity contribution >= 4 is 63.0 Å². The minimum absolute atomic E-state index is 0.150. The van der Waals surface area contributed by atoms with Crippen molar-refractivity contribution in [2.75, 3.05) is 0 Å². The van der Waals surface area contributed by atoms with Crippen molar-refractivity contribution in [2.24, 2.45) is 0 Å². The molecule has 6 aromatic carbocycles. The van der Waals surface area contributed by atoms with Crippen LogP contribution < -0.4 is 0 Å². The molecule has 0 aliphatic heterocycles. The Bertz CT molecular complexity index is 1990. The van der Waals surface area contributed by atoms with E-state index < -0.39 is 37.3 Å². The van der Waals surface area contributed by atoms with Crippen LogP contribution in [-0.4, -0.2) is 28.6 Å². The third kappa shape index (κ3) is 14.0. The molecular formula is C50H68BCl2NSi2Zr. The predicted molar refractivity (Wildman–Crippen MR) is 261 cm³/mol. The monoisotopic (exact) mass is 909 g/mol. The number of hydrogen-bond donors (Lipinski definition) is 0. The Labute approximate surface area is 370 Å². The number of halogens is 2. The van der Waals surface area contributed by atoms with Gasteiger partial charge in [0.1, 0.15) is 16.5 Å². The molecule has 1 nitrogen and oxygen atoms in total. The van der Waals surface area contributed by atoms with E-state index in [1.807, 2.05) is 0 Å². The zero-order chi connectivity index (χ0) is 42.8. The van der Waals surface area contributed by atoms with Crippen LogP contribution in [0.5, 0.6) is 0 Å². The predicted octanol–water partition coefficient (Wildman–Crippen LogP) is 16.4. The van der Waals surface area contributed by atoms with Crippen LogP contribution in [0.15, 0.2) is 109 Å². The van der Waals surface area contributed by atoms with E-state index in [-0.39, 0.29) is 10.8 Å². The molecule has 0 N–H and O–H groups in total. The second kappa shape index (κ2) is 21.5. The van der Waals surface area contributed by atoms with Crippen molar-refractivity contribution in [3.8, 4) is 22.3 Å². The van der Waals surface area contributed by atoms with Crippen LogP contribution in [0.1, 0.15) is 90.5 Å². The molecule has 0 atom stereocenters. The average molecular weight is 912 g/mol. The Kier molecular flexibility index (Phi) is 18.6. The van der Waals surface area contributed by atoms with Gasteiger partial charge in [-0.15, -0.1) is 69.1 Å². The van der Waals surface area contributed by atoms with Crippen LogP contribution in [0.3, 0.4) is 0 Å². The Balaban J connectivity index is 0.000000236. The van der Waals surface area contributed by atoms with E-state index in [0.717, 1.165) is 12.8 Å². The quantitative estimate of drug-likeness (QED) is 0.109. The van der Waals surface area contributed by atoms with Gasteiger partial charge in [0.05, 0.1) is 0 Å². The number of rotatable bonds is 8. The molecule has 0 saturated heterocycles. The second-order valence-electron chi connectivity index (χ2n) is 19.2. The van der Waals surface area contributed by atoms with Crippen LogP contribution in [0, 0.1) is 0 Å². The third-order valence-corrected chi connectivity index (χ3v) is 17.1. The summed E-state index contributed by atoms with van der Waals surface area (Å²) < 4.78 is 2.15. The van der Waals surface area contributed by atoms with Crippen LogP contribution in [0.4, 0.5) is 0 Å². The first kappa shape index (κ1) is 49.4. The van der Waals surface area contributed by atoms with Gasteiger partial charge in [-0.05, 0) is 45.9 Å². The Hall–Kier alpha value is -1.98. The summed E-state index contributed by atoms with van der Waals surface area (Å²) in [5.41, 5.74) is 11.5. The van der Waals surface area contributed by atoms with Gasteiger partial charge in [-0.3, -0.25) is 0 Å². The molecule has 7 heteroatoms. The molecule has 0 aliphatic carbocycles. The first-order chi connectivity index (χ1) is 26.6. The molecule has 0 bridgehead atoms. The number of benzene rings is 4. The maximum atomic E-state index is 5.98. The number of hydrogen-bond acceptors (Lipinski definition) is 1. The van der Waals surface area contributed by atoms with Gasteiger partial charge in [0.25, 0.3) is 0 Å². The standard InChI is InChI=1S/2C22H25.C6H18BNSi2.2ClH.Zr/c2*1-5-9-16-14-17-10-8-12-18(20(17)15-16)19-11-6-7-13-21(19)22(2,3)4;1-9(2,3)8(7)10(4,5)6;;;/h2*6-8,10-15H,5,9H2,1-4H3;1-6H3;2*1H;/q2*-1;;;;+4/p-2. The topological polar surface area (TPSA) is 3.24 Å². The summed E-state index contributed by atoms with van der Waals surface area (Å²) >= 11 is -0.826. The van der Waals surface area contributed by atoms with Gasteiger partial charge < -0.3 is 4.14 Å². The van der Waals surface area contributed by atoms with Crippen molar-refractivity contribution in [1.29, 1.82) is 0 Å². The van der Waals surface area contributed by atoms with Gasteiger partial charge in [0.2, 0.25) is 0 Å².